The number of benzene rings is 1. The Bertz CT molecular complexity index is 968. The van der Waals surface area contributed by atoms with E-state index in [-0.39, 0.29) is 0 Å². The maximum atomic E-state index is 5.40. The van der Waals surface area contributed by atoms with Crippen LogP contribution < -0.4 is 10.6 Å². The number of nitrogens with zero attached hydrogens (tertiary/aromatic N) is 4. The lowest BCUT2D eigenvalue weighted by Gasteiger charge is -2.26. The van der Waals surface area contributed by atoms with Gasteiger partial charge in [-0.15, -0.1) is 0 Å². The molecule has 1 aromatic carbocycles. The van der Waals surface area contributed by atoms with Crippen LogP contribution in [-0.2, 0) is 17.6 Å². The number of fused-ring (bicyclic) bond motifs is 2. The number of hydrogen-bond acceptors (Lipinski definition) is 8. The summed E-state index contributed by atoms with van der Waals surface area (Å²) >= 11 is 1.60. The number of thiazole rings is 1. The SMILES string of the molecule is c1nc(Nc2ccc3c(c2)CCC3)c2sc(NCCN3CCOCC3)nc2n1. The van der Waals surface area contributed by atoms with E-state index in [1.54, 1.807) is 17.7 Å². The summed E-state index contributed by atoms with van der Waals surface area (Å²) in [5.74, 6) is 0.821. The van der Waals surface area contributed by atoms with Gasteiger partial charge in [0, 0.05) is 31.9 Å². The van der Waals surface area contributed by atoms with Crippen molar-refractivity contribution in [2.45, 2.75) is 19.3 Å². The average molecular weight is 397 g/mol. The average Bonchev–Trinajstić information content (AvgIpc) is 3.35. The van der Waals surface area contributed by atoms with Crippen LogP contribution in [0.2, 0.25) is 0 Å². The van der Waals surface area contributed by atoms with Crippen molar-refractivity contribution in [3.63, 3.8) is 0 Å². The zero-order valence-corrected chi connectivity index (χ0v) is 16.6. The van der Waals surface area contributed by atoms with Crippen molar-refractivity contribution in [3.8, 4) is 0 Å². The normalized spacial score (nSPS) is 17.0. The van der Waals surface area contributed by atoms with E-state index in [1.807, 2.05) is 0 Å². The molecule has 3 aromatic rings. The number of ether oxygens (including phenoxy) is 1. The quantitative estimate of drug-likeness (QED) is 0.663. The van der Waals surface area contributed by atoms with Crippen LogP contribution in [0.5, 0.6) is 0 Å². The van der Waals surface area contributed by atoms with Gasteiger partial charge in [-0.2, -0.15) is 4.98 Å². The van der Waals surface area contributed by atoms with Gasteiger partial charge in [-0.25, -0.2) is 9.97 Å². The van der Waals surface area contributed by atoms with Gasteiger partial charge in [-0.1, -0.05) is 17.4 Å². The molecule has 28 heavy (non-hydrogen) atoms. The van der Waals surface area contributed by atoms with E-state index in [1.165, 1.54) is 30.4 Å². The summed E-state index contributed by atoms with van der Waals surface area (Å²) in [7, 11) is 0. The maximum absolute atomic E-state index is 5.40. The van der Waals surface area contributed by atoms with Gasteiger partial charge in [-0.3, -0.25) is 4.90 Å². The summed E-state index contributed by atoms with van der Waals surface area (Å²) < 4.78 is 6.38. The molecule has 2 aromatic heterocycles. The molecule has 8 heteroatoms. The predicted octanol–water partition coefficient (Wildman–Crippen LogP) is 3.06. The number of aromatic nitrogens is 3. The summed E-state index contributed by atoms with van der Waals surface area (Å²) in [6.45, 7) is 5.51. The maximum Gasteiger partial charge on any atom is 0.185 e. The van der Waals surface area contributed by atoms with E-state index in [4.69, 9.17) is 4.74 Å². The molecular weight excluding hydrogens is 372 g/mol. The Labute approximate surface area is 168 Å². The number of hydrogen-bond donors (Lipinski definition) is 2. The molecule has 2 N–H and O–H groups in total. The van der Waals surface area contributed by atoms with Crippen LogP contribution >= 0.6 is 11.3 Å². The minimum Gasteiger partial charge on any atom is -0.379 e. The van der Waals surface area contributed by atoms with Crippen LogP contribution in [0.25, 0.3) is 10.3 Å². The zero-order valence-electron chi connectivity index (χ0n) is 15.8. The predicted molar refractivity (Wildman–Crippen MR) is 113 cm³/mol. The van der Waals surface area contributed by atoms with E-state index >= 15 is 0 Å². The molecule has 0 saturated carbocycles. The van der Waals surface area contributed by atoms with Gasteiger partial charge in [-0.05, 0) is 42.5 Å². The first-order valence-electron chi connectivity index (χ1n) is 9.89. The first kappa shape index (κ1) is 17.8. The summed E-state index contributed by atoms with van der Waals surface area (Å²) in [5.41, 5.74) is 4.74. The number of aryl methyl sites for hydroxylation is 2. The van der Waals surface area contributed by atoms with Gasteiger partial charge in [0.1, 0.15) is 11.0 Å². The summed E-state index contributed by atoms with van der Waals surface area (Å²) in [6, 6.07) is 6.62. The molecule has 0 amide bonds. The van der Waals surface area contributed by atoms with Gasteiger partial charge in [0.05, 0.1) is 13.2 Å². The van der Waals surface area contributed by atoms with Crippen LogP contribution in [0.1, 0.15) is 17.5 Å². The van der Waals surface area contributed by atoms with Crippen LogP contribution in [0.3, 0.4) is 0 Å². The first-order valence-corrected chi connectivity index (χ1v) is 10.7. The highest BCUT2D eigenvalue weighted by Gasteiger charge is 2.14. The molecule has 2 aliphatic rings. The molecule has 7 nitrogen and oxygen atoms in total. The molecule has 1 saturated heterocycles. The Kier molecular flexibility index (Phi) is 5.07. The number of morpholine rings is 1. The first-order chi connectivity index (χ1) is 13.8. The molecule has 5 rings (SSSR count). The highest BCUT2D eigenvalue weighted by molar-refractivity contribution is 7.22. The third-order valence-corrected chi connectivity index (χ3v) is 6.37. The third kappa shape index (κ3) is 3.80. The van der Waals surface area contributed by atoms with Crippen LogP contribution in [0.15, 0.2) is 24.5 Å². The summed E-state index contributed by atoms with van der Waals surface area (Å²) in [5, 5.41) is 7.79. The molecule has 1 fully saturated rings. The lowest BCUT2D eigenvalue weighted by atomic mass is 10.1. The number of rotatable bonds is 6. The Morgan fingerprint density at radius 2 is 2.00 bits per heavy atom. The molecule has 0 radical (unpaired) electrons. The fraction of sp³-hybridized carbons (Fsp3) is 0.450. The third-order valence-electron chi connectivity index (χ3n) is 5.36. The standard InChI is InChI=1S/C20H24N6OS/c1-2-14-4-5-16(12-15(14)3-1)24-18-17-19(23-13-22-18)25-20(28-17)21-6-7-26-8-10-27-11-9-26/h4-5,12-13H,1-3,6-11H2,(H2,21,22,23,24,25). The molecule has 146 valence electrons. The molecule has 0 bridgehead atoms. The smallest absolute Gasteiger partial charge is 0.185 e. The van der Waals surface area contributed by atoms with E-state index in [9.17, 15) is 0 Å². The molecule has 0 spiro atoms. The Balaban J connectivity index is 1.28. The Morgan fingerprint density at radius 1 is 1.11 bits per heavy atom. The second-order valence-electron chi connectivity index (χ2n) is 7.24. The van der Waals surface area contributed by atoms with Gasteiger partial charge < -0.3 is 15.4 Å². The summed E-state index contributed by atoms with van der Waals surface area (Å²) in [6.07, 6.45) is 5.20. The van der Waals surface area contributed by atoms with Gasteiger partial charge in [0.2, 0.25) is 0 Å². The molecule has 0 atom stereocenters. The second kappa shape index (κ2) is 7.98. The lowest BCUT2D eigenvalue weighted by Crippen LogP contribution is -2.38. The minimum atomic E-state index is 0.734. The van der Waals surface area contributed by atoms with Crippen molar-refractivity contribution in [1.29, 1.82) is 0 Å². The van der Waals surface area contributed by atoms with E-state index in [0.29, 0.717) is 0 Å². The molecule has 0 unspecified atom stereocenters. The molecule has 1 aliphatic heterocycles. The lowest BCUT2D eigenvalue weighted by molar-refractivity contribution is 0.0398. The second-order valence-corrected chi connectivity index (χ2v) is 8.24. The number of nitrogens with one attached hydrogen (secondary N) is 2. The van der Waals surface area contributed by atoms with Crippen molar-refractivity contribution in [2.75, 3.05) is 50.0 Å². The van der Waals surface area contributed by atoms with Crippen LogP contribution in [0, 0.1) is 0 Å². The van der Waals surface area contributed by atoms with Gasteiger partial charge >= 0.3 is 0 Å². The van der Waals surface area contributed by atoms with Crippen molar-refractivity contribution < 1.29 is 4.74 Å². The fourth-order valence-corrected chi connectivity index (χ4v) is 4.74. The molecular formula is C20H24N6OS. The fourth-order valence-electron chi connectivity index (χ4n) is 3.85. The molecule has 3 heterocycles. The van der Waals surface area contributed by atoms with Crippen LogP contribution in [0.4, 0.5) is 16.6 Å². The van der Waals surface area contributed by atoms with Crippen molar-refractivity contribution >= 4 is 38.3 Å². The highest BCUT2D eigenvalue weighted by atomic mass is 32.1. The summed E-state index contributed by atoms with van der Waals surface area (Å²) in [4.78, 5) is 15.8. The van der Waals surface area contributed by atoms with Crippen molar-refractivity contribution in [2.24, 2.45) is 0 Å². The Morgan fingerprint density at radius 3 is 2.93 bits per heavy atom. The van der Waals surface area contributed by atoms with E-state index < -0.39 is 0 Å². The van der Waals surface area contributed by atoms with Crippen LogP contribution in [-0.4, -0.2) is 59.2 Å². The largest absolute Gasteiger partial charge is 0.379 e. The van der Waals surface area contributed by atoms with Gasteiger partial charge in [0.25, 0.3) is 0 Å². The van der Waals surface area contributed by atoms with Gasteiger partial charge in [0.15, 0.2) is 16.6 Å². The highest BCUT2D eigenvalue weighted by Crippen LogP contribution is 2.32. The zero-order chi connectivity index (χ0) is 18.8. The topological polar surface area (TPSA) is 75.2 Å². The minimum absolute atomic E-state index is 0.734. The monoisotopic (exact) mass is 396 g/mol. The van der Waals surface area contributed by atoms with Crippen molar-refractivity contribution in [1.82, 2.24) is 19.9 Å². The molecule has 1 aliphatic carbocycles. The van der Waals surface area contributed by atoms with E-state index in [2.05, 4.69) is 48.7 Å². The van der Waals surface area contributed by atoms with E-state index in [0.717, 1.165) is 66.4 Å². The Hall–Kier alpha value is -2.29. The van der Waals surface area contributed by atoms with Crippen molar-refractivity contribution in [3.05, 3.63) is 35.7 Å². The number of anilines is 3.